The lowest BCUT2D eigenvalue weighted by Crippen LogP contribution is -2.50. The first-order valence-corrected chi connectivity index (χ1v) is 12.0. The highest BCUT2D eigenvalue weighted by Crippen LogP contribution is 2.32. The molecule has 6 rings (SSSR count). The molecule has 1 aliphatic carbocycles. The molecule has 1 saturated carbocycles. The predicted molar refractivity (Wildman–Crippen MR) is 124 cm³/mol. The van der Waals surface area contributed by atoms with Gasteiger partial charge >= 0.3 is 6.03 Å². The van der Waals surface area contributed by atoms with Crippen LogP contribution < -0.4 is 5.32 Å². The zero-order valence-corrected chi connectivity index (χ0v) is 18.9. The second kappa shape index (κ2) is 8.13. The molecule has 8 nitrogen and oxygen atoms in total. The molecule has 3 aliphatic heterocycles. The summed E-state index contributed by atoms with van der Waals surface area (Å²) in [6.07, 6.45) is 4.17. The monoisotopic (exact) mass is 451 g/mol. The van der Waals surface area contributed by atoms with Crippen molar-refractivity contribution in [2.24, 2.45) is 16.8 Å². The number of imidazole rings is 1. The number of benzene rings is 1. The topological polar surface area (TPSA) is 79.9 Å². The molecule has 33 heavy (non-hydrogen) atoms. The van der Waals surface area contributed by atoms with Gasteiger partial charge in [0.15, 0.2) is 5.82 Å². The van der Waals surface area contributed by atoms with Crippen LogP contribution in [0.1, 0.15) is 38.4 Å². The summed E-state index contributed by atoms with van der Waals surface area (Å²) in [5.41, 5.74) is 2.04. The maximum absolute atomic E-state index is 13.5. The van der Waals surface area contributed by atoms with Gasteiger partial charge in [-0.25, -0.2) is 19.2 Å². The van der Waals surface area contributed by atoms with E-state index in [2.05, 4.69) is 27.0 Å². The molecule has 0 radical (unpaired) electrons. The van der Waals surface area contributed by atoms with E-state index in [4.69, 9.17) is 9.98 Å². The van der Waals surface area contributed by atoms with E-state index in [1.54, 1.807) is 4.90 Å². The molecule has 2 N–H and O–H groups in total. The van der Waals surface area contributed by atoms with Gasteiger partial charge in [-0.2, -0.15) is 0 Å². The van der Waals surface area contributed by atoms with Crippen molar-refractivity contribution in [3.8, 4) is 0 Å². The molecule has 0 spiro atoms. The highest BCUT2D eigenvalue weighted by molar-refractivity contribution is 6.02. The average molecular weight is 452 g/mol. The fourth-order valence-electron chi connectivity index (χ4n) is 5.69. The number of nitrogens with zero attached hydrogens (tertiary/aromatic N) is 5. The Morgan fingerprint density at radius 1 is 1.15 bits per heavy atom. The SMILES string of the molecule is CC1CN(Cc2nc3ccccc3[nH]2)CC1C1=NC2=CN(C3CCC(F)CC3)CN2C(=O)N1. The van der Waals surface area contributed by atoms with Crippen molar-refractivity contribution in [2.45, 2.75) is 51.4 Å². The summed E-state index contributed by atoms with van der Waals surface area (Å²) in [6.45, 7) is 5.22. The van der Waals surface area contributed by atoms with E-state index < -0.39 is 6.17 Å². The number of fused-ring (bicyclic) bond motifs is 2. The number of amides is 2. The number of carbonyl (C=O) groups is 1. The molecule has 1 aromatic carbocycles. The Labute approximate surface area is 192 Å². The van der Waals surface area contributed by atoms with Crippen molar-refractivity contribution in [2.75, 3.05) is 19.8 Å². The van der Waals surface area contributed by atoms with Crippen LogP contribution in [0, 0.1) is 11.8 Å². The molecule has 4 aliphatic rings. The second-order valence-corrected chi connectivity index (χ2v) is 9.88. The Bertz CT molecular complexity index is 1090. The Morgan fingerprint density at radius 3 is 2.79 bits per heavy atom. The summed E-state index contributed by atoms with van der Waals surface area (Å²) >= 11 is 0. The van der Waals surface area contributed by atoms with Crippen LogP contribution in [0.4, 0.5) is 9.18 Å². The van der Waals surface area contributed by atoms with Crippen LogP contribution in [0.3, 0.4) is 0 Å². The Kier molecular flexibility index (Phi) is 5.09. The van der Waals surface area contributed by atoms with Gasteiger partial charge in [0.05, 0.1) is 17.6 Å². The molecule has 0 bridgehead atoms. The van der Waals surface area contributed by atoms with Crippen LogP contribution in [-0.2, 0) is 6.54 Å². The zero-order chi connectivity index (χ0) is 22.5. The van der Waals surface area contributed by atoms with Crippen LogP contribution >= 0.6 is 0 Å². The van der Waals surface area contributed by atoms with Crippen molar-refractivity contribution >= 4 is 22.9 Å². The van der Waals surface area contributed by atoms with Crippen molar-refractivity contribution in [3.05, 3.63) is 42.1 Å². The molecule has 1 aromatic heterocycles. The second-order valence-electron chi connectivity index (χ2n) is 9.88. The number of H-pyrrole nitrogens is 1. The number of amidine groups is 1. The van der Waals surface area contributed by atoms with E-state index in [9.17, 15) is 9.18 Å². The molecular weight excluding hydrogens is 421 g/mol. The fourth-order valence-corrected chi connectivity index (χ4v) is 5.69. The number of hydrogen-bond donors (Lipinski definition) is 2. The third-order valence-corrected chi connectivity index (χ3v) is 7.52. The molecule has 4 heterocycles. The van der Waals surface area contributed by atoms with Gasteiger partial charge in [-0.05, 0) is 43.7 Å². The van der Waals surface area contributed by atoms with E-state index in [0.717, 1.165) is 55.2 Å². The van der Waals surface area contributed by atoms with E-state index in [-0.39, 0.29) is 18.0 Å². The van der Waals surface area contributed by atoms with Gasteiger partial charge in [0.1, 0.15) is 24.5 Å². The van der Waals surface area contributed by atoms with E-state index in [0.29, 0.717) is 31.2 Å². The quantitative estimate of drug-likeness (QED) is 0.747. The molecule has 174 valence electrons. The third-order valence-electron chi connectivity index (χ3n) is 7.52. The molecule has 2 aromatic rings. The first-order valence-electron chi connectivity index (χ1n) is 12.0. The molecule has 2 unspecified atom stereocenters. The summed E-state index contributed by atoms with van der Waals surface area (Å²) in [5, 5.41) is 3.06. The van der Waals surface area contributed by atoms with Gasteiger partial charge in [0.25, 0.3) is 0 Å². The summed E-state index contributed by atoms with van der Waals surface area (Å²) in [5.74, 6) is 2.97. The largest absolute Gasteiger partial charge is 0.353 e. The maximum Gasteiger partial charge on any atom is 0.329 e. The smallest absolute Gasteiger partial charge is 0.329 e. The standard InChI is InChI=1S/C24H30FN7O/c1-15-10-30(12-21-26-19-4-2-3-5-20(19)27-21)11-18(15)23-28-22-13-31(14-32(22)24(33)29-23)17-8-6-16(25)7-9-17/h2-5,13,15-18H,6-12,14H2,1H3,(H,26,27)(H,28,29,33). The van der Waals surface area contributed by atoms with E-state index in [1.807, 2.05) is 30.5 Å². The van der Waals surface area contributed by atoms with Gasteiger partial charge in [-0.1, -0.05) is 19.1 Å². The minimum absolute atomic E-state index is 0.115. The number of hydrogen-bond acceptors (Lipinski definition) is 5. The summed E-state index contributed by atoms with van der Waals surface area (Å²) < 4.78 is 13.5. The molecule has 2 fully saturated rings. The van der Waals surface area contributed by atoms with Gasteiger partial charge in [0.2, 0.25) is 0 Å². The minimum atomic E-state index is -0.682. The Hall–Kier alpha value is -2.94. The number of rotatable bonds is 4. The van der Waals surface area contributed by atoms with Crippen molar-refractivity contribution in [1.29, 1.82) is 0 Å². The summed E-state index contributed by atoms with van der Waals surface area (Å²) in [4.78, 5) is 32.1. The summed E-state index contributed by atoms with van der Waals surface area (Å²) in [7, 11) is 0. The predicted octanol–water partition coefficient (Wildman–Crippen LogP) is 3.41. The number of aromatic amines is 1. The first-order chi connectivity index (χ1) is 16.0. The van der Waals surface area contributed by atoms with E-state index >= 15 is 0 Å². The van der Waals surface area contributed by atoms with E-state index in [1.165, 1.54) is 0 Å². The highest BCUT2D eigenvalue weighted by Gasteiger charge is 2.40. The number of likely N-dealkylation sites (tertiary alicyclic amines) is 1. The van der Waals surface area contributed by atoms with Gasteiger partial charge in [-0.15, -0.1) is 0 Å². The van der Waals surface area contributed by atoms with Crippen molar-refractivity contribution in [3.63, 3.8) is 0 Å². The summed E-state index contributed by atoms with van der Waals surface area (Å²) in [6, 6.07) is 8.24. The lowest BCUT2D eigenvalue weighted by atomic mass is 9.93. The van der Waals surface area contributed by atoms with Gasteiger partial charge in [-0.3, -0.25) is 15.1 Å². The number of carbonyl (C=O) groups excluding carboxylic acids is 1. The maximum atomic E-state index is 13.5. The normalized spacial score (nSPS) is 30.4. The lowest BCUT2D eigenvalue weighted by molar-refractivity contribution is 0.138. The van der Waals surface area contributed by atoms with Gasteiger partial charge < -0.3 is 9.88 Å². The van der Waals surface area contributed by atoms with Crippen molar-refractivity contribution in [1.82, 2.24) is 30.0 Å². The Balaban J connectivity index is 1.16. The average Bonchev–Trinajstić information content (AvgIpc) is 3.50. The number of aliphatic imine (C=N–C) groups is 1. The number of halogens is 1. The number of urea groups is 1. The zero-order valence-electron chi connectivity index (χ0n) is 18.9. The lowest BCUT2D eigenvalue weighted by Gasteiger charge is -2.33. The van der Waals surface area contributed by atoms with Crippen LogP contribution in [0.2, 0.25) is 0 Å². The number of nitrogens with one attached hydrogen (secondary N) is 2. The fraction of sp³-hybridized carbons (Fsp3) is 0.542. The number of aromatic nitrogens is 2. The molecule has 2 amide bonds. The van der Waals surface area contributed by atoms with Crippen molar-refractivity contribution < 1.29 is 9.18 Å². The number of para-hydroxylation sites is 2. The number of alkyl halides is 1. The van der Waals surface area contributed by atoms with Crippen LogP contribution in [0.25, 0.3) is 11.0 Å². The van der Waals surface area contributed by atoms with Crippen LogP contribution in [0.15, 0.2) is 41.3 Å². The minimum Gasteiger partial charge on any atom is -0.353 e. The molecule has 9 heteroatoms. The Morgan fingerprint density at radius 2 is 1.97 bits per heavy atom. The van der Waals surface area contributed by atoms with Crippen LogP contribution in [-0.4, -0.2) is 68.5 Å². The first kappa shape index (κ1) is 20.7. The molecule has 2 atom stereocenters. The molecular formula is C24H30FN7O. The third kappa shape index (κ3) is 3.88. The van der Waals surface area contributed by atoms with Crippen LogP contribution in [0.5, 0.6) is 0 Å². The van der Waals surface area contributed by atoms with Gasteiger partial charge in [0, 0.05) is 31.2 Å². The molecule has 1 saturated heterocycles. The highest BCUT2D eigenvalue weighted by atomic mass is 19.1.